The van der Waals surface area contributed by atoms with Gasteiger partial charge in [0.2, 0.25) is 0 Å². The molecule has 0 radical (unpaired) electrons. The van der Waals surface area contributed by atoms with E-state index in [9.17, 15) is 0 Å². The summed E-state index contributed by atoms with van der Waals surface area (Å²) in [6.07, 6.45) is 0. The van der Waals surface area contributed by atoms with Gasteiger partial charge in [0.1, 0.15) is 0 Å². The number of rotatable bonds is 3. The molecule has 0 aliphatic heterocycles. The van der Waals surface area contributed by atoms with E-state index in [2.05, 4.69) is 21.1 Å². The summed E-state index contributed by atoms with van der Waals surface area (Å²) >= 11 is 1.35. The summed E-state index contributed by atoms with van der Waals surface area (Å²) in [5.74, 6) is 0. The van der Waals surface area contributed by atoms with Gasteiger partial charge >= 0.3 is 59.7 Å². The van der Waals surface area contributed by atoms with E-state index in [1.54, 1.807) is 0 Å². The molecule has 3 heteroatoms. The van der Waals surface area contributed by atoms with Crippen LogP contribution < -0.4 is 0 Å². The van der Waals surface area contributed by atoms with Crippen LogP contribution in [-0.2, 0) is 3.73 Å². The summed E-state index contributed by atoms with van der Waals surface area (Å²) in [6, 6.07) is 0. The molecule has 0 fully saturated rings. The van der Waals surface area contributed by atoms with Crippen molar-refractivity contribution in [1.82, 2.24) is 0 Å². The van der Waals surface area contributed by atoms with Gasteiger partial charge in [0.25, 0.3) is 0 Å². The van der Waals surface area contributed by atoms with Crippen LogP contribution in [-0.4, -0.2) is 56.0 Å². The van der Waals surface area contributed by atoms with Crippen LogP contribution in [0.2, 0.25) is 0 Å². The molecule has 0 heterocycles. The average Bonchev–Trinajstić information content (AvgIpc) is 1.59. The van der Waals surface area contributed by atoms with Crippen LogP contribution in [0.5, 0.6) is 0 Å². The first-order valence-corrected chi connectivity index (χ1v) is 3.67. The van der Waals surface area contributed by atoms with Crippen molar-refractivity contribution >= 4 is 17.2 Å². The number of quaternary nitrogens is 1. The van der Waals surface area contributed by atoms with Crippen molar-refractivity contribution in [2.24, 2.45) is 0 Å². The van der Waals surface area contributed by atoms with Gasteiger partial charge in [0, 0.05) is 0 Å². The van der Waals surface area contributed by atoms with Gasteiger partial charge in [-0.1, -0.05) is 0 Å². The maximum absolute atomic E-state index is 4.96. The Morgan fingerprint density at radius 2 is 1.88 bits per heavy atom. The minimum atomic E-state index is 0.878. The Bertz CT molecular complexity index is 59.9. The molecule has 0 spiro atoms. The van der Waals surface area contributed by atoms with Gasteiger partial charge in [-0.25, -0.2) is 0 Å². The van der Waals surface area contributed by atoms with Crippen molar-refractivity contribution < 1.29 is 8.21 Å². The van der Waals surface area contributed by atoms with Gasteiger partial charge < -0.3 is 0 Å². The molecule has 0 aromatic heterocycles. The number of hydrogen-bond donors (Lipinski definition) is 0. The molecule has 0 amide bonds. The zero-order chi connectivity index (χ0) is 6.62. The number of likely N-dealkylation sites (N-methyl/N-ethyl adjacent to an activating group) is 1. The first-order valence-electron chi connectivity index (χ1n) is 2.68. The maximum atomic E-state index is 4.96. The Balaban J connectivity index is 3.11. The summed E-state index contributed by atoms with van der Waals surface area (Å²) in [7, 11) is 6.48. The molecule has 0 saturated heterocycles. The Hall–Kier alpha value is 0.478. The van der Waals surface area contributed by atoms with Gasteiger partial charge in [-0.2, -0.15) is 0 Å². The molecule has 0 aromatic carbocycles. The first kappa shape index (κ1) is 8.48. The van der Waals surface area contributed by atoms with Crippen LogP contribution in [0.1, 0.15) is 0 Å². The molecule has 2 nitrogen and oxygen atoms in total. The van der Waals surface area contributed by atoms with Gasteiger partial charge in [-0.05, 0) is 0 Å². The molecule has 50 valence electrons. The van der Waals surface area contributed by atoms with Crippen LogP contribution in [0, 0.1) is 0 Å². The summed E-state index contributed by atoms with van der Waals surface area (Å²) in [6.45, 7) is 1.97. The van der Waals surface area contributed by atoms with Crippen molar-refractivity contribution in [1.29, 1.82) is 0 Å². The molecule has 0 aliphatic rings. The van der Waals surface area contributed by atoms with E-state index >= 15 is 0 Å². The summed E-state index contributed by atoms with van der Waals surface area (Å²) in [4.78, 5) is 0. The van der Waals surface area contributed by atoms with Crippen LogP contribution in [0.4, 0.5) is 0 Å². The van der Waals surface area contributed by atoms with E-state index in [1.807, 2.05) is 0 Å². The third kappa shape index (κ3) is 6.48. The third-order valence-corrected chi connectivity index (χ3v) is 1.37. The Morgan fingerprint density at radius 1 is 1.38 bits per heavy atom. The van der Waals surface area contributed by atoms with E-state index in [4.69, 9.17) is 3.73 Å². The molecule has 0 aliphatic carbocycles. The van der Waals surface area contributed by atoms with Crippen LogP contribution >= 0.6 is 0 Å². The molecular formula is C5H15AsNO+. The summed E-state index contributed by atoms with van der Waals surface area (Å²) in [5.41, 5.74) is 0. The normalized spacial score (nSPS) is 12.0. The summed E-state index contributed by atoms with van der Waals surface area (Å²) < 4.78 is 5.95. The molecule has 0 bridgehead atoms. The predicted octanol–water partition coefficient (Wildman–Crippen LogP) is -0.743. The first-order chi connectivity index (χ1) is 3.56. The summed E-state index contributed by atoms with van der Waals surface area (Å²) in [5, 5.41) is 0. The Kier molecular flexibility index (Phi) is 3.70. The number of hydrogen-bond acceptors (Lipinski definition) is 1. The van der Waals surface area contributed by atoms with Gasteiger partial charge in [-0.15, -0.1) is 0 Å². The van der Waals surface area contributed by atoms with Crippen molar-refractivity contribution in [2.75, 3.05) is 34.3 Å². The topological polar surface area (TPSA) is 9.23 Å². The fourth-order valence-electron chi connectivity index (χ4n) is 0.327. The molecule has 0 aromatic rings. The van der Waals surface area contributed by atoms with Crippen LogP contribution in [0.3, 0.4) is 0 Å². The number of nitrogens with zero attached hydrogens (tertiary/aromatic N) is 1. The second kappa shape index (κ2) is 3.49. The van der Waals surface area contributed by atoms with Crippen molar-refractivity contribution in [2.45, 2.75) is 0 Å². The predicted molar refractivity (Wildman–Crippen MR) is 37.4 cm³/mol. The fourth-order valence-corrected chi connectivity index (χ4v) is 0.548. The monoisotopic (exact) mass is 180 g/mol. The zero-order valence-corrected chi connectivity index (χ0v) is 8.27. The minimum absolute atomic E-state index is 0.878. The van der Waals surface area contributed by atoms with E-state index in [0.717, 1.165) is 17.6 Å². The molecular weight excluding hydrogens is 165 g/mol. The molecule has 0 saturated carbocycles. The SMILES string of the molecule is C[N+](C)(C)CCO[AsH2]. The van der Waals surface area contributed by atoms with Gasteiger partial charge in [-0.3, -0.25) is 0 Å². The van der Waals surface area contributed by atoms with Gasteiger partial charge in [0.05, 0.1) is 0 Å². The Morgan fingerprint density at radius 3 is 2.00 bits per heavy atom. The Labute approximate surface area is 60.3 Å². The second-order valence-electron chi connectivity index (χ2n) is 2.88. The second-order valence-corrected chi connectivity index (χ2v) is 3.58. The molecule has 8 heavy (non-hydrogen) atoms. The molecule has 0 N–H and O–H groups in total. The fraction of sp³-hybridized carbons (Fsp3) is 1.00. The third-order valence-electron chi connectivity index (χ3n) is 0.880. The quantitative estimate of drug-likeness (QED) is 0.410. The van der Waals surface area contributed by atoms with E-state index in [0.29, 0.717) is 0 Å². The zero-order valence-electron chi connectivity index (χ0n) is 5.85. The molecule has 1 atom stereocenters. The van der Waals surface area contributed by atoms with E-state index in [-0.39, 0.29) is 0 Å². The van der Waals surface area contributed by atoms with E-state index < -0.39 is 0 Å². The van der Waals surface area contributed by atoms with E-state index in [1.165, 1.54) is 17.2 Å². The van der Waals surface area contributed by atoms with Crippen molar-refractivity contribution in [3.8, 4) is 0 Å². The standard InChI is InChI=1S/C5H15AsNO/c1-7(2,3)4-5-8-6/h4-6H2,1-3H3/q+1. The van der Waals surface area contributed by atoms with Crippen LogP contribution in [0.25, 0.3) is 0 Å². The van der Waals surface area contributed by atoms with Crippen molar-refractivity contribution in [3.63, 3.8) is 0 Å². The van der Waals surface area contributed by atoms with Crippen molar-refractivity contribution in [3.05, 3.63) is 0 Å². The van der Waals surface area contributed by atoms with Gasteiger partial charge in [0.15, 0.2) is 0 Å². The van der Waals surface area contributed by atoms with Crippen LogP contribution in [0.15, 0.2) is 0 Å². The molecule has 0 rings (SSSR count). The average molecular weight is 180 g/mol. The molecule has 1 unspecified atom stereocenters.